The molecule has 2 heterocycles. The number of hydrogen-bond donors (Lipinski definition) is 2. The summed E-state index contributed by atoms with van der Waals surface area (Å²) in [6.45, 7) is 3.85. The predicted octanol–water partition coefficient (Wildman–Crippen LogP) is 1.37. The summed E-state index contributed by atoms with van der Waals surface area (Å²) in [5, 5.41) is 16.5. The quantitative estimate of drug-likeness (QED) is 0.834. The summed E-state index contributed by atoms with van der Waals surface area (Å²) in [7, 11) is 0. The molecule has 1 amide bonds. The Hall–Kier alpha value is -2.18. The van der Waals surface area contributed by atoms with Crippen LogP contribution < -0.4 is 5.32 Å². The first kappa shape index (κ1) is 12.3. The van der Waals surface area contributed by atoms with Gasteiger partial charge in [0.05, 0.1) is 12.3 Å². The zero-order valence-electron chi connectivity index (χ0n) is 10.3. The molecule has 2 N–H and O–H groups in total. The lowest BCUT2D eigenvalue weighted by atomic mass is 10.1. The zero-order chi connectivity index (χ0) is 13.0. The molecule has 0 unspecified atom stereocenters. The van der Waals surface area contributed by atoms with Gasteiger partial charge >= 0.3 is 0 Å². The van der Waals surface area contributed by atoms with Gasteiger partial charge in [0.15, 0.2) is 11.6 Å². The van der Waals surface area contributed by atoms with E-state index in [2.05, 4.69) is 25.9 Å². The lowest BCUT2D eigenvalue weighted by molar-refractivity contribution is 0.0903. The lowest BCUT2D eigenvalue weighted by Gasteiger charge is -2.13. The monoisotopic (exact) mass is 249 g/mol. The fourth-order valence-electron chi connectivity index (χ4n) is 1.70. The minimum atomic E-state index is -0.263. The summed E-state index contributed by atoms with van der Waals surface area (Å²) in [5.41, 5.74) is 0.802. The van der Waals surface area contributed by atoms with Gasteiger partial charge in [-0.2, -0.15) is 5.21 Å². The molecule has 0 aromatic carbocycles. The van der Waals surface area contributed by atoms with Crippen molar-refractivity contribution < 1.29 is 9.21 Å². The minimum Gasteiger partial charge on any atom is -0.459 e. The van der Waals surface area contributed by atoms with Gasteiger partial charge in [-0.3, -0.25) is 4.79 Å². The summed E-state index contributed by atoms with van der Waals surface area (Å²) in [6, 6.07) is 1.49. The molecule has 0 saturated carbocycles. The molecule has 0 aliphatic heterocycles. The van der Waals surface area contributed by atoms with E-state index in [0.717, 1.165) is 18.4 Å². The Bertz CT molecular complexity index is 505. The number of furan rings is 1. The van der Waals surface area contributed by atoms with Crippen LogP contribution in [0.5, 0.6) is 0 Å². The molecule has 0 saturated heterocycles. The third-order valence-electron chi connectivity index (χ3n) is 2.62. The molecule has 0 aliphatic carbocycles. The van der Waals surface area contributed by atoms with Crippen molar-refractivity contribution >= 4 is 5.91 Å². The van der Waals surface area contributed by atoms with Crippen LogP contribution in [0, 0.1) is 6.92 Å². The van der Waals surface area contributed by atoms with Gasteiger partial charge in [-0.05, 0) is 19.4 Å². The number of aromatic amines is 1. The molecule has 2 aromatic rings. The largest absolute Gasteiger partial charge is 0.459 e. The third kappa shape index (κ3) is 2.55. The molecule has 2 aromatic heterocycles. The molecule has 1 atom stereocenters. The van der Waals surface area contributed by atoms with Gasteiger partial charge in [0, 0.05) is 5.56 Å². The topological polar surface area (TPSA) is 96.7 Å². The average Bonchev–Trinajstić information content (AvgIpc) is 2.98. The first-order valence-corrected chi connectivity index (χ1v) is 5.80. The molecule has 18 heavy (non-hydrogen) atoms. The normalized spacial score (nSPS) is 12.3. The number of nitrogens with one attached hydrogen (secondary N) is 2. The van der Waals surface area contributed by atoms with Crippen molar-refractivity contribution in [3.63, 3.8) is 0 Å². The van der Waals surface area contributed by atoms with E-state index in [0.29, 0.717) is 11.6 Å². The van der Waals surface area contributed by atoms with Crippen molar-refractivity contribution in [3.05, 3.63) is 29.5 Å². The summed E-state index contributed by atoms with van der Waals surface area (Å²) in [5.74, 6) is 0.537. The second-order valence-electron chi connectivity index (χ2n) is 4.02. The van der Waals surface area contributed by atoms with E-state index >= 15 is 0 Å². The Labute approximate surface area is 104 Å². The standard InChI is InChI=1S/C11H15N5O2/c1-3-4-8(10-13-15-16-14-10)12-11(17)9-7(2)5-6-18-9/h5-6,8H,3-4H2,1-2H3,(H,12,17)(H,13,14,15,16)/t8-/m1/s1. The van der Waals surface area contributed by atoms with Crippen molar-refractivity contribution in [2.24, 2.45) is 0 Å². The molecular weight excluding hydrogens is 234 g/mol. The maximum absolute atomic E-state index is 12.0. The van der Waals surface area contributed by atoms with E-state index in [1.54, 1.807) is 6.07 Å². The van der Waals surface area contributed by atoms with Gasteiger partial charge in [0.2, 0.25) is 0 Å². The van der Waals surface area contributed by atoms with E-state index in [1.165, 1.54) is 6.26 Å². The molecule has 0 aliphatic rings. The van der Waals surface area contributed by atoms with Crippen LogP contribution in [-0.4, -0.2) is 26.5 Å². The van der Waals surface area contributed by atoms with E-state index in [1.807, 2.05) is 13.8 Å². The number of rotatable bonds is 5. The highest BCUT2D eigenvalue weighted by Gasteiger charge is 2.21. The Morgan fingerprint density at radius 1 is 1.61 bits per heavy atom. The molecule has 0 bridgehead atoms. The van der Waals surface area contributed by atoms with Gasteiger partial charge < -0.3 is 9.73 Å². The molecule has 2 rings (SSSR count). The first-order chi connectivity index (χ1) is 8.72. The van der Waals surface area contributed by atoms with Crippen LogP contribution in [-0.2, 0) is 0 Å². The van der Waals surface area contributed by atoms with Crippen LogP contribution in [0.25, 0.3) is 0 Å². The number of tetrazole rings is 1. The van der Waals surface area contributed by atoms with Gasteiger partial charge in [0.25, 0.3) is 5.91 Å². The van der Waals surface area contributed by atoms with Crippen LogP contribution in [0.2, 0.25) is 0 Å². The second kappa shape index (κ2) is 5.44. The van der Waals surface area contributed by atoms with Crippen molar-refractivity contribution in [3.8, 4) is 0 Å². The number of aromatic nitrogens is 4. The second-order valence-corrected chi connectivity index (χ2v) is 4.02. The maximum atomic E-state index is 12.0. The smallest absolute Gasteiger partial charge is 0.287 e. The fraction of sp³-hybridized carbons (Fsp3) is 0.455. The highest BCUT2D eigenvalue weighted by atomic mass is 16.3. The van der Waals surface area contributed by atoms with Gasteiger partial charge in [-0.1, -0.05) is 18.6 Å². The highest BCUT2D eigenvalue weighted by molar-refractivity contribution is 5.92. The Morgan fingerprint density at radius 2 is 2.44 bits per heavy atom. The molecule has 7 nitrogen and oxygen atoms in total. The van der Waals surface area contributed by atoms with Crippen molar-refractivity contribution in [2.45, 2.75) is 32.7 Å². The molecule has 0 fully saturated rings. The average molecular weight is 249 g/mol. The van der Waals surface area contributed by atoms with E-state index in [4.69, 9.17) is 4.42 Å². The Balaban J connectivity index is 2.10. The first-order valence-electron chi connectivity index (χ1n) is 5.80. The summed E-state index contributed by atoms with van der Waals surface area (Å²) in [6.07, 6.45) is 3.13. The third-order valence-corrected chi connectivity index (χ3v) is 2.62. The van der Waals surface area contributed by atoms with Crippen LogP contribution in [0.1, 0.15) is 47.7 Å². The fourth-order valence-corrected chi connectivity index (χ4v) is 1.70. The molecule has 7 heteroatoms. The van der Waals surface area contributed by atoms with Crippen LogP contribution in [0.15, 0.2) is 16.7 Å². The molecular formula is C11H15N5O2. The summed E-state index contributed by atoms with van der Waals surface area (Å²) in [4.78, 5) is 12.0. The number of carbonyl (C=O) groups excluding carboxylic acids is 1. The minimum absolute atomic E-state index is 0.259. The number of H-pyrrole nitrogens is 1. The molecule has 96 valence electrons. The molecule has 0 spiro atoms. The Kier molecular flexibility index (Phi) is 3.71. The number of carbonyl (C=O) groups is 1. The summed E-state index contributed by atoms with van der Waals surface area (Å²) >= 11 is 0. The Morgan fingerprint density at radius 3 is 3.00 bits per heavy atom. The zero-order valence-corrected chi connectivity index (χ0v) is 10.3. The van der Waals surface area contributed by atoms with Gasteiger partial charge in [-0.25, -0.2) is 0 Å². The lowest BCUT2D eigenvalue weighted by Crippen LogP contribution is -2.29. The predicted molar refractivity (Wildman–Crippen MR) is 62.7 cm³/mol. The molecule has 0 radical (unpaired) electrons. The van der Waals surface area contributed by atoms with Crippen LogP contribution in [0.3, 0.4) is 0 Å². The van der Waals surface area contributed by atoms with Crippen molar-refractivity contribution in [2.75, 3.05) is 0 Å². The van der Waals surface area contributed by atoms with Crippen molar-refractivity contribution in [1.29, 1.82) is 0 Å². The SMILES string of the molecule is CCC[C@@H](NC(=O)c1occc1C)c1nn[nH]n1. The number of aryl methyl sites for hydroxylation is 1. The van der Waals surface area contributed by atoms with Crippen LogP contribution in [0.4, 0.5) is 0 Å². The van der Waals surface area contributed by atoms with Gasteiger partial charge in [0.1, 0.15) is 0 Å². The number of amides is 1. The number of hydrogen-bond acceptors (Lipinski definition) is 5. The van der Waals surface area contributed by atoms with E-state index in [9.17, 15) is 4.79 Å². The van der Waals surface area contributed by atoms with Crippen molar-refractivity contribution in [1.82, 2.24) is 25.9 Å². The maximum Gasteiger partial charge on any atom is 0.287 e. The van der Waals surface area contributed by atoms with Gasteiger partial charge in [-0.15, -0.1) is 10.2 Å². The number of nitrogens with zero attached hydrogens (tertiary/aromatic N) is 3. The highest BCUT2D eigenvalue weighted by Crippen LogP contribution is 2.15. The van der Waals surface area contributed by atoms with E-state index in [-0.39, 0.29) is 11.9 Å². The van der Waals surface area contributed by atoms with E-state index < -0.39 is 0 Å². The summed E-state index contributed by atoms with van der Waals surface area (Å²) < 4.78 is 5.15. The van der Waals surface area contributed by atoms with Crippen LogP contribution >= 0.6 is 0 Å².